The minimum absolute atomic E-state index is 0.624. The summed E-state index contributed by atoms with van der Waals surface area (Å²) in [5.74, 6) is 0. The van der Waals surface area contributed by atoms with Crippen LogP contribution in [0.4, 0.5) is 5.69 Å². The number of hydrogen-bond donors (Lipinski definition) is 1. The van der Waals surface area contributed by atoms with Gasteiger partial charge in [-0.2, -0.15) is 0 Å². The van der Waals surface area contributed by atoms with Crippen LogP contribution in [-0.4, -0.2) is 6.54 Å². The standard InChI is InChI=1S/C11H14ClN/c1-3-10-6-4-5-7-11(10)13-8-9(2)12/h4-7,13H,2-3,8H2,1H3. The first kappa shape index (κ1) is 10.1. The maximum Gasteiger partial charge on any atom is 0.0502 e. The summed E-state index contributed by atoms with van der Waals surface area (Å²) in [6, 6.07) is 8.22. The van der Waals surface area contributed by atoms with Crippen molar-refractivity contribution in [2.45, 2.75) is 13.3 Å². The molecule has 1 aromatic rings. The van der Waals surface area contributed by atoms with Crippen molar-refractivity contribution in [3.05, 3.63) is 41.4 Å². The van der Waals surface area contributed by atoms with Gasteiger partial charge >= 0.3 is 0 Å². The minimum atomic E-state index is 0.624. The van der Waals surface area contributed by atoms with Crippen molar-refractivity contribution in [2.75, 3.05) is 11.9 Å². The number of para-hydroxylation sites is 1. The molecular weight excluding hydrogens is 182 g/mol. The average Bonchev–Trinajstić information content (AvgIpc) is 2.15. The molecule has 0 aromatic heterocycles. The second-order valence-corrected chi connectivity index (χ2v) is 3.42. The van der Waals surface area contributed by atoms with Gasteiger partial charge in [-0.3, -0.25) is 0 Å². The van der Waals surface area contributed by atoms with Gasteiger partial charge in [0.05, 0.1) is 6.54 Å². The van der Waals surface area contributed by atoms with Crippen molar-refractivity contribution in [2.24, 2.45) is 0 Å². The molecule has 0 saturated heterocycles. The van der Waals surface area contributed by atoms with Crippen LogP contribution in [0.3, 0.4) is 0 Å². The molecule has 0 aliphatic rings. The normalized spacial score (nSPS) is 9.69. The number of halogens is 1. The fourth-order valence-electron chi connectivity index (χ4n) is 1.19. The molecule has 0 saturated carbocycles. The maximum absolute atomic E-state index is 5.67. The largest absolute Gasteiger partial charge is 0.380 e. The van der Waals surface area contributed by atoms with Gasteiger partial charge in [0.25, 0.3) is 0 Å². The second-order valence-electron chi connectivity index (χ2n) is 2.88. The van der Waals surface area contributed by atoms with Crippen LogP contribution in [0.5, 0.6) is 0 Å². The van der Waals surface area contributed by atoms with Crippen LogP contribution in [0, 0.1) is 0 Å². The molecule has 70 valence electrons. The number of nitrogens with one attached hydrogen (secondary N) is 1. The van der Waals surface area contributed by atoms with E-state index in [2.05, 4.69) is 31.0 Å². The molecule has 1 nitrogen and oxygen atoms in total. The molecule has 0 aliphatic carbocycles. The van der Waals surface area contributed by atoms with Crippen molar-refractivity contribution in [3.63, 3.8) is 0 Å². The summed E-state index contributed by atoms with van der Waals surface area (Å²) in [7, 11) is 0. The smallest absolute Gasteiger partial charge is 0.0502 e. The summed E-state index contributed by atoms with van der Waals surface area (Å²) >= 11 is 5.67. The van der Waals surface area contributed by atoms with Gasteiger partial charge in [-0.15, -0.1) is 0 Å². The summed E-state index contributed by atoms with van der Waals surface area (Å²) in [6.07, 6.45) is 1.03. The lowest BCUT2D eigenvalue weighted by Gasteiger charge is -2.09. The lowest BCUT2D eigenvalue weighted by molar-refractivity contribution is 1.13. The van der Waals surface area contributed by atoms with Crippen LogP contribution in [0.2, 0.25) is 0 Å². The van der Waals surface area contributed by atoms with Gasteiger partial charge in [-0.25, -0.2) is 0 Å². The van der Waals surface area contributed by atoms with E-state index in [4.69, 9.17) is 11.6 Å². The van der Waals surface area contributed by atoms with Crippen LogP contribution in [0.25, 0.3) is 0 Å². The Morgan fingerprint density at radius 1 is 1.46 bits per heavy atom. The first-order chi connectivity index (χ1) is 6.24. The average molecular weight is 196 g/mol. The summed E-state index contributed by atoms with van der Waals surface area (Å²) in [5, 5.41) is 3.86. The van der Waals surface area contributed by atoms with E-state index in [0.29, 0.717) is 11.6 Å². The first-order valence-corrected chi connectivity index (χ1v) is 4.77. The number of anilines is 1. The van der Waals surface area contributed by atoms with E-state index in [1.807, 2.05) is 12.1 Å². The zero-order valence-corrected chi connectivity index (χ0v) is 8.56. The maximum atomic E-state index is 5.67. The number of rotatable bonds is 4. The van der Waals surface area contributed by atoms with Gasteiger partial charge in [0, 0.05) is 10.7 Å². The molecule has 13 heavy (non-hydrogen) atoms. The van der Waals surface area contributed by atoms with Gasteiger partial charge < -0.3 is 5.32 Å². The fourth-order valence-corrected chi connectivity index (χ4v) is 1.26. The minimum Gasteiger partial charge on any atom is -0.380 e. The second kappa shape index (κ2) is 4.93. The van der Waals surface area contributed by atoms with Gasteiger partial charge in [0.2, 0.25) is 0 Å². The summed E-state index contributed by atoms with van der Waals surface area (Å²) in [4.78, 5) is 0. The Bertz CT molecular complexity index is 294. The number of benzene rings is 1. The van der Waals surface area contributed by atoms with E-state index in [0.717, 1.165) is 12.1 Å². The van der Waals surface area contributed by atoms with Crippen molar-refractivity contribution < 1.29 is 0 Å². The highest BCUT2D eigenvalue weighted by atomic mass is 35.5. The third-order valence-electron chi connectivity index (χ3n) is 1.87. The van der Waals surface area contributed by atoms with Crippen LogP contribution in [0.1, 0.15) is 12.5 Å². The van der Waals surface area contributed by atoms with Gasteiger partial charge in [-0.05, 0) is 18.1 Å². The lowest BCUT2D eigenvalue weighted by Crippen LogP contribution is -2.03. The van der Waals surface area contributed by atoms with Gasteiger partial charge in [0.1, 0.15) is 0 Å². The first-order valence-electron chi connectivity index (χ1n) is 4.39. The topological polar surface area (TPSA) is 12.0 Å². The van der Waals surface area contributed by atoms with Crippen molar-refractivity contribution in [1.82, 2.24) is 0 Å². The SMILES string of the molecule is C=C(Cl)CNc1ccccc1CC. The molecule has 0 spiro atoms. The predicted molar refractivity (Wildman–Crippen MR) is 59.3 cm³/mol. The van der Waals surface area contributed by atoms with E-state index < -0.39 is 0 Å². The molecule has 1 aromatic carbocycles. The van der Waals surface area contributed by atoms with Gasteiger partial charge in [-0.1, -0.05) is 43.3 Å². The summed E-state index contributed by atoms with van der Waals surface area (Å²) in [6.45, 7) is 6.39. The fraction of sp³-hybridized carbons (Fsp3) is 0.273. The van der Waals surface area contributed by atoms with Crippen LogP contribution in [-0.2, 0) is 6.42 Å². The Morgan fingerprint density at radius 3 is 2.77 bits per heavy atom. The van der Waals surface area contributed by atoms with Crippen molar-refractivity contribution >= 4 is 17.3 Å². The highest BCUT2D eigenvalue weighted by molar-refractivity contribution is 6.29. The van der Waals surface area contributed by atoms with E-state index >= 15 is 0 Å². The lowest BCUT2D eigenvalue weighted by atomic mass is 10.1. The number of aryl methyl sites for hydroxylation is 1. The Labute approximate surface area is 84.4 Å². The van der Waals surface area contributed by atoms with E-state index in [1.54, 1.807) is 0 Å². The molecular formula is C11H14ClN. The van der Waals surface area contributed by atoms with Crippen LogP contribution >= 0.6 is 11.6 Å². The third kappa shape index (κ3) is 3.11. The monoisotopic (exact) mass is 195 g/mol. The Morgan fingerprint density at radius 2 is 2.15 bits per heavy atom. The zero-order chi connectivity index (χ0) is 9.68. The Balaban J connectivity index is 2.69. The van der Waals surface area contributed by atoms with Crippen LogP contribution < -0.4 is 5.32 Å². The van der Waals surface area contributed by atoms with Gasteiger partial charge in [0.15, 0.2) is 0 Å². The molecule has 0 atom stereocenters. The van der Waals surface area contributed by atoms with Crippen LogP contribution in [0.15, 0.2) is 35.9 Å². The summed E-state index contributed by atoms with van der Waals surface area (Å²) < 4.78 is 0. The van der Waals surface area contributed by atoms with E-state index in [9.17, 15) is 0 Å². The van der Waals surface area contributed by atoms with Crippen molar-refractivity contribution in [3.8, 4) is 0 Å². The van der Waals surface area contributed by atoms with E-state index in [1.165, 1.54) is 5.56 Å². The molecule has 0 unspecified atom stereocenters. The molecule has 0 heterocycles. The molecule has 2 heteroatoms. The summed E-state index contributed by atoms with van der Waals surface area (Å²) in [5.41, 5.74) is 2.45. The molecule has 0 aliphatic heterocycles. The Kier molecular flexibility index (Phi) is 3.84. The van der Waals surface area contributed by atoms with Crippen molar-refractivity contribution in [1.29, 1.82) is 0 Å². The predicted octanol–water partition coefficient (Wildman–Crippen LogP) is 3.41. The quantitative estimate of drug-likeness (QED) is 0.777. The Hall–Kier alpha value is -0.950. The molecule has 1 rings (SSSR count). The van der Waals surface area contributed by atoms with E-state index in [-0.39, 0.29) is 0 Å². The highest BCUT2D eigenvalue weighted by Crippen LogP contribution is 2.15. The third-order valence-corrected chi connectivity index (χ3v) is 2.00. The number of hydrogen-bond acceptors (Lipinski definition) is 1. The molecule has 0 amide bonds. The zero-order valence-electron chi connectivity index (χ0n) is 7.81. The molecule has 0 radical (unpaired) electrons. The molecule has 1 N–H and O–H groups in total. The molecule has 0 fully saturated rings. The molecule has 0 bridgehead atoms. The highest BCUT2D eigenvalue weighted by Gasteiger charge is 1.97.